The molecule has 0 amide bonds. The van der Waals surface area contributed by atoms with Gasteiger partial charge in [0.2, 0.25) is 0 Å². The Morgan fingerprint density at radius 3 is 3.00 bits per heavy atom. The smallest absolute Gasteiger partial charge is 0.171 e. The van der Waals surface area contributed by atoms with Crippen LogP contribution in [-0.4, -0.2) is 25.2 Å². The molecule has 0 saturated carbocycles. The van der Waals surface area contributed by atoms with Crippen LogP contribution in [0, 0.1) is 0 Å². The normalized spacial score (nSPS) is 15.3. The molecule has 0 saturated heterocycles. The van der Waals surface area contributed by atoms with Gasteiger partial charge in [0.05, 0.1) is 6.54 Å². The molecule has 3 nitrogen and oxygen atoms in total. The zero-order valence-corrected chi connectivity index (χ0v) is 8.95. The van der Waals surface area contributed by atoms with Gasteiger partial charge in [0.15, 0.2) is 11.6 Å². The fourth-order valence-corrected chi connectivity index (χ4v) is 1.72. The largest absolute Gasteiger partial charge is 0.488 e. The number of aromatic nitrogens is 1. The second-order valence-corrected chi connectivity index (χ2v) is 3.98. The summed E-state index contributed by atoms with van der Waals surface area (Å²) in [5.74, 6) is 2.43. The maximum Gasteiger partial charge on any atom is 0.171 e. The second-order valence-electron chi connectivity index (χ2n) is 3.98. The van der Waals surface area contributed by atoms with E-state index in [-0.39, 0.29) is 0 Å². The minimum atomic E-state index is 0.484. The van der Waals surface area contributed by atoms with E-state index in [1.165, 1.54) is 5.56 Å². The van der Waals surface area contributed by atoms with Crippen molar-refractivity contribution < 1.29 is 4.74 Å². The van der Waals surface area contributed by atoms with Gasteiger partial charge in [-0.3, -0.25) is 0 Å². The molecule has 1 aromatic heterocycles. The number of hydrogen-bond acceptors (Lipinski definition) is 3. The van der Waals surface area contributed by atoms with E-state index in [2.05, 4.69) is 30.8 Å². The lowest BCUT2D eigenvalue weighted by atomic mass is 10.0. The Balaban J connectivity index is 2.49. The standard InChI is InChI=1S/C11H16N2O/c1-8(2)9-4-5-12-11-10(9)14-7-6-13(11)3/h4-5,8H,6-7H2,1-3H3. The SMILES string of the molecule is CC(C)c1ccnc2c1OCCN2C. The van der Waals surface area contributed by atoms with Crippen LogP contribution in [0.25, 0.3) is 0 Å². The first-order valence-corrected chi connectivity index (χ1v) is 5.03. The first kappa shape index (κ1) is 9.31. The Bertz CT molecular complexity index is 322. The molecule has 0 atom stereocenters. The molecular weight excluding hydrogens is 176 g/mol. The van der Waals surface area contributed by atoms with E-state index in [1.807, 2.05) is 12.3 Å². The van der Waals surface area contributed by atoms with E-state index in [0.717, 1.165) is 24.7 Å². The summed E-state index contributed by atoms with van der Waals surface area (Å²) in [4.78, 5) is 6.49. The van der Waals surface area contributed by atoms with Gasteiger partial charge in [0.25, 0.3) is 0 Å². The highest BCUT2D eigenvalue weighted by Gasteiger charge is 2.20. The number of rotatable bonds is 1. The molecular formula is C11H16N2O. The predicted octanol–water partition coefficient (Wildman–Crippen LogP) is 2.03. The third-order valence-electron chi connectivity index (χ3n) is 2.57. The topological polar surface area (TPSA) is 25.4 Å². The molecule has 2 heterocycles. The van der Waals surface area contributed by atoms with Crippen LogP contribution in [0.5, 0.6) is 5.75 Å². The van der Waals surface area contributed by atoms with Crippen molar-refractivity contribution in [2.24, 2.45) is 0 Å². The fourth-order valence-electron chi connectivity index (χ4n) is 1.72. The van der Waals surface area contributed by atoms with Gasteiger partial charge < -0.3 is 9.64 Å². The average Bonchev–Trinajstić information content (AvgIpc) is 2.17. The van der Waals surface area contributed by atoms with Gasteiger partial charge in [-0.2, -0.15) is 0 Å². The van der Waals surface area contributed by atoms with Gasteiger partial charge in [-0.15, -0.1) is 0 Å². The van der Waals surface area contributed by atoms with E-state index in [4.69, 9.17) is 4.74 Å². The third kappa shape index (κ3) is 1.43. The molecule has 0 aliphatic carbocycles. The molecule has 1 aliphatic rings. The molecule has 0 N–H and O–H groups in total. The predicted molar refractivity (Wildman–Crippen MR) is 57.1 cm³/mol. The molecule has 76 valence electrons. The number of ether oxygens (including phenoxy) is 1. The summed E-state index contributed by atoms with van der Waals surface area (Å²) >= 11 is 0. The highest BCUT2D eigenvalue weighted by molar-refractivity contribution is 5.58. The Kier molecular flexibility index (Phi) is 2.32. The highest BCUT2D eigenvalue weighted by Crippen LogP contribution is 2.35. The van der Waals surface area contributed by atoms with Gasteiger partial charge in [0.1, 0.15) is 6.61 Å². The minimum absolute atomic E-state index is 0.484. The van der Waals surface area contributed by atoms with Crippen molar-refractivity contribution >= 4 is 5.82 Å². The number of hydrogen-bond donors (Lipinski definition) is 0. The van der Waals surface area contributed by atoms with Crippen molar-refractivity contribution in [3.63, 3.8) is 0 Å². The molecule has 1 aromatic rings. The van der Waals surface area contributed by atoms with Crippen LogP contribution in [0.4, 0.5) is 5.82 Å². The van der Waals surface area contributed by atoms with Gasteiger partial charge in [0, 0.05) is 18.8 Å². The molecule has 0 fully saturated rings. The Morgan fingerprint density at radius 2 is 2.29 bits per heavy atom. The molecule has 0 spiro atoms. The summed E-state index contributed by atoms with van der Waals surface area (Å²) in [6.07, 6.45) is 1.86. The van der Waals surface area contributed by atoms with Crippen LogP contribution in [0.3, 0.4) is 0 Å². The number of pyridine rings is 1. The zero-order chi connectivity index (χ0) is 10.1. The first-order valence-electron chi connectivity index (χ1n) is 5.03. The first-order chi connectivity index (χ1) is 6.70. The van der Waals surface area contributed by atoms with Crippen molar-refractivity contribution in [2.75, 3.05) is 25.1 Å². The van der Waals surface area contributed by atoms with Crippen molar-refractivity contribution in [2.45, 2.75) is 19.8 Å². The molecule has 1 aliphatic heterocycles. The molecule has 3 heteroatoms. The lowest BCUT2D eigenvalue weighted by molar-refractivity contribution is 0.304. The molecule has 0 unspecified atom stereocenters. The molecule has 0 radical (unpaired) electrons. The number of anilines is 1. The lowest BCUT2D eigenvalue weighted by Crippen LogP contribution is -2.30. The Morgan fingerprint density at radius 1 is 1.50 bits per heavy atom. The Hall–Kier alpha value is -1.25. The maximum absolute atomic E-state index is 5.68. The van der Waals surface area contributed by atoms with E-state index in [1.54, 1.807) is 0 Å². The van der Waals surface area contributed by atoms with Gasteiger partial charge in [-0.25, -0.2) is 4.98 Å². The molecule has 2 rings (SSSR count). The Labute approximate surface area is 84.7 Å². The third-order valence-corrected chi connectivity index (χ3v) is 2.57. The van der Waals surface area contributed by atoms with Crippen LogP contribution in [-0.2, 0) is 0 Å². The van der Waals surface area contributed by atoms with E-state index in [9.17, 15) is 0 Å². The van der Waals surface area contributed by atoms with Crippen molar-refractivity contribution in [3.8, 4) is 5.75 Å². The maximum atomic E-state index is 5.68. The second kappa shape index (κ2) is 3.48. The summed E-state index contributed by atoms with van der Waals surface area (Å²) < 4.78 is 5.68. The van der Waals surface area contributed by atoms with Gasteiger partial charge >= 0.3 is 0 Å². The van der Waals surface area contributed by atoms with Crippen LogP contribution in [0.1, 0.15) is 25.3 Å². The fraction of sp³-hybridized carbons (Fsp3) is 0.545. The summed E-state index contributed by atoms with van der Waals surface area (Å²) in [7, 11) is 2.05. The summed E-state index contributed by atoms with van der Waals surface area (Å²) in [6, 6.07) is 2.04. The number of nitrogens with zero attached hydrogens (tertiary/aromatic N) is 2. The minimum Gasteiger partial charge on any atom is -0.488 e. The van der Waals surface area contributed by atoms with Crippen molar-refractivity contribution in [3.05, 3.63) is 17.8 Å². The number of fused-ring (bicyclic) bond motifs is 1. The summed E-state index contributed by atoms with van der Waals surface area (Å²) in [6.45, 7) is 6.03. The quantitative estimate of drug-likeness (QED) is 0.680. The van der Waals surface area contributed by atoms with E-state index >= 15 is 0 Å². The lowest BCUT2D eigenvalue weighted by Gasteiger charge is -2.28. The summed E-state index contributed by atoms with van der Waals surface area (Å²) in [5.41, 5.74) is 1.25. The molecule has 14 heavy (non-hydrogen) atoms. The molecule has 0 aromatic carbocycles. The van der Waals surface area contributed by atoms with Crippen LogP contribution in [0.2, 0.25) is 0 Å². The monoisotopic (exact) mass is 192 g/mol. The average molecular weight is 192 g/mol. The van der Waals surface area contributed by atoms with Gasteiger partial charge in [-0.05, 0) is 12.0 Å². The van der Waals surface area contributed by atoms with E-state index < -0.39 is 0 Å². The zero-order valence-electron chi connectivity index (χ0n) is 8.95. The van der Waals surface area contributed by atoms with Gasteiger partial charge in [-0.1, -0.05) is 13.8 Å². The van der Waals surface area contributed by atoms with Crippen LogP contribution < -0.4 is 9.64 Å². The highest BCUT2D eigenvalue weighted by atomic mass is 16.5. The van der Waals surface area contributed by atoms with Crippen molar-refractivity contribution in [1.82, 2.24) is 4.98 Å². The summed E-state index contributed by atoms with van der Waals surface area (Å²) in [5, 5.41) is 0. The van der Waals surface area contributed by atoms with E-state index in [0.29, 0.717) is 5.92 Å². The number of likely N-dealkylation sites (N-methyl/N-ethyl adjacent to an activating group) is 1. The van der Waals surface area contributed by atoms with Crippen LogP contribution >= 0.6 is 0 Å². The van der Waals surface area contributed by atoms with Crippen LogP contribution in [0.15, 0.2) is 12.3 Å². The van der Waals surface area contributed by atoms with Crippen molar-refractivity contribution in [1.29, 1.82) is 0 Å². The molecule has 0 bridgehead atoms.